The number of alkyl halides is 2. The zero-order valence-corrected chi connectivity index (χ0v) is 9.96. The number of hydrogen-bond acceptors (Lipinski definition) is 4. The van der Waals surface area contributed by atoms with Crippen molar-refractivity contribution in [3.05, 3.63) is 23.3 Å². The minimum Gasteiger partial charge on any atom is -0.461 e. The number of halogens is 2. The molecular weight excluding hydrogens is 246 g/mol. The van der Waals surface area contributed by atoms with Crippen molar-refractivity contribution in [3.8, 4) is 11.5 Å². The van der Waals surface area contributed by atoms with Crippen LogP contribution in [0.2, 0.25) is 0 Å². The zero-order valence-electron chi connectivity index (χ0n) is 9.96. The fourth-order valence-electron chi connectivity index (χ4n) is 1.71. The van der Waals surface area contributed by atoms with Gasteiger partial charge < -0.3 is 14.2 Å². The van der Waals surface area contributed by atoms with Crippen molar-refractivity contribution in [2.24, 2.45) is 0 Å². The minimum absolute atomic E-state index is 0.0107. The van der Waals surface area contributed by atoms with E-state index in [9.17, 15) is 13.6 Å². The highest BCUT2D eigenvalue weighted by atomic mass is 19.3. The largest absolute Gasteiger partial charge is 0.461 e. The Morgan fingerprint density at radius 2 is 2.00 bits per heavy atom. The van der Waals surface area contributed by atoms with E-state index in [0.29, 0.717) is 5.75 Å². The number of carbonyl (C=O) groups excluding carboxylic acids is 1. The van der Waals surface area contributed by atoms with Crippen LogP contribution in [0.15, 0.2) is 12.1 Å². The molecule has 0 radical (unpaired) electrons. The molecule has 0 saturated heterocycles. The summed E-state index contributed by atoms with van der Waals surface area (Å²) in [7, 11) is 0. The molecule has 18 heavy (non-hydrogen) atoms. The van der Waals surface area contributed by atoms with Gasteiger partial charge in [0.05, 0.1) is 6.61 Å². The SMILES string of the molecule is CCOC(=O)C(F)(F)c1cc2c(cc1C)OCO2. The second-order valence-corrected chi connectivity index (χ2v) is 3.82. The maximum absolute atomic E-state index is 13.9. The van der Waals surface area contributed by atoms with Crippen LogP contribution < -0.4 is 9.47 Å². The van der Waals surface area contributed by atoms with Gasteiger partial charge in [0.1, 0.15) is 0 Å². The van der Waals surface area contributed by atoms with Gasteiger partial charge in [-0.25, -0.2) is 4.79 Å². The predicted molar refractivity (Wildman–Crippen MR) is 57.8 cm³/mol. The monoisotopic (exact) mass is 258 g/mol. The summed E-state index contributed by atoms with van der Waals surface area (Å²) in [5, 5.41) is 0. The number of hydrogen-bond donors (Lipinski definition) is 0. The first-order chi connectivity index (χ1) is 8.46. The smallest absolute Gasteiger partial charge is 0.381 e. The number of carbonyl (C=O) groups is 1. The molecule has 0 aromatic heterocycles. The van der Waals surface area contributed by atoms with E-state index < -0.39 is 17.5 Å². The highest BCUT2D eigenvalue weighted by Gasteiger charge is 2.44. The Balaban J connectivity index is 2.41. The van der Waals surface area contributed by atoms with Crippen LogP contribution in [0.25, 0.3) is 0 Å². The number of benzene rings is 1. The van der Waals surface area contributed by atoms with Gasteiger partial charge in [-0.2, -0.15) is 8.78 Å². The van der Waals surface area contributed by atoms with E-state index in [4.69, 9.17) is 9.47 Å². The molecule has 0 saturated carbocycles. The van der Waals surface area contributed by atoms with E-state index in [0.717, 1.165) is 6.07 Å². The fraction of sp³-hybridized carbons (Fsp3) is 0.417. The number of ether oxygens (including phenoxy) is 3. The summed E-state index contributed by atoms with van der Waals surface area (Å²) < 4.78 is 42.3. The van der Waals surface area contributed by atoms with Crippen LogP contribution in [-0.2, 0) is 15.5 Å². The average Bonchev–Trinajstić information content (AvgIpc) is 2.75. The van der Waals surface area contributed by atoms with Crippen molar-refractivity contribution in [1.82, 2.24) is 0 Å². The van der Waals surface area contributed by atoms with Gasteiger partial charge in [-0.3, -0.25) is 0 Å². The lowest BCUT2D eigenvalue weighted by Crippen LogP contribution is -2.29. The lowest BCUT2D eigenvalue weighted by atomic mass is 10.0. The summed E-state index contributed by atoms with van der Waals surface area (Å²) in [6.07, 6.45) is 0. The van der Waals surface area contributed by atoms with Gasteiger partial charge in [0.25, 0.3) is 0 Å². The fourth-order valence-corrected chi connectivity index (χ4v) is 1.71. The molecule has 1 aromatic carbocycles. The molecule has 6 heteroatoms. The molecule has 1 aliphatic heterocycles. The normalized spacial score (nSPS) is 13.6. The van der Waals surface area contributed by atoms with Crippen molar-refractivity contribution in [2.45, 2.75) is 19.8 Å². The van der Waals surface area contributed by atoms with Gasteiger partial charge in [-0.15, -0.1) is 0 Å². The van der Waals surface area contributed by atoms with Crippen LogP contribution in [-0.4, -0.2) is 19.4 Å². The second kappa shape index (κ2) is 4.44. The second-order valence-electron chi connectivity index (χ2n) is 3.82. The van der Waals surface area contributed by atoms with Crippen molar-refractivity contribution < 1.29 is 27.8 Å². The van der Waals surface area contributed by atoms with Crippen LogP contribution in [0.4, 0.5) is 8.78 Å². The van der Waals surface area contributed by atoms with Crippen molar-refractivity contribution in [1.29, 1.82) is 0 Å². The highest BCUT2D eigenvalue weighted by molar-refractivity contribution is 5.80. The van der Waals surface area contributed by atoms with Gasteiger partial charge in [-0.05, 0) is 31.5 Å². The van der Waals surface area contributed by atoms with Gasteiger partial charge in [0.2, 0.25) is 6.79 Å². The van der Waals surface area contributed by atoms with Crippen LogP contribution in [0, 0.1) is 6.92 Å². The predicted octanol–water partition coefficient (Wildman–Crippen LogP) is 2.38. The third-order valence-electron chi connectivity index (χ3n) is 2.59. The van der Waals surface area contributed by atoms with E-state index in [-0.39, 0.29) is 24.7 Å². The number of aryl methyl sites for hydroxylation is 1. The first-order valence-corrected chi connectivity index (χ1v) is 5.42. The van der Waals surface area contributed by atoms with E-state index in [2.05, 4.69) is 4.74 Å². The first kappa shape index (κ1) is 12.6. The van der Waals surface area contributed by atoms with Gasteiger partial charge in [-0.1, -0.05) is 0 Å². The molecule has 2 rings (SSSR count). The number of esters is 1. The Morgan fingerprint density at radius 1 is 1.39 bits per heavy atom. The van der Waals surface area contributed by atoms with Crippen LogP contribution in [0.3, 0.4) is 0 Å². The van der Waals surface area contributed by atoms with Crippen molar-refractivity contribution in [3.63, 3.8) is 0 Å². The molecule has 0 spiro atoms. The number of rotatable bonds is 3. The van der Waals surface area contributed by atoms with E-state index >= 15 is 0 Å². The van der Waals surface area contributed by atoms with Gasteiger partial charge in [0.15, 0.2) is 11.5 Å². The van der Waals surface area contributed by atoms with Crippen molar-refractivity contribution in [2.75, 3.05) is 13.4 Å². The van der Waals surface area contributed by atoms with E-state index in [1.807, 2.05) is 0 Å². The summed E-state index contributed by atoms with van der Waals surface area (Å²) in [6.45, 7) is 2.84. The summed E-state index contributed by atoms with van der Waals surface area (Å²) in [5.74, 6) is -4.65. The third kappa shape index (κ3) is 1.98. The number of fused-ring (bicyclic) bond motifs is 1. The summed E-state index contributed by atoms with van der Waals surface area (Å²) in [6, 6.07) is 2.54. The lowest BCUT2D eigenvalue weighted by Gasteiger charge is -2.17. The molecule has 0 amide bonds. The summed E-state index contributed by atoms with van der Waals surface area (Å²) >= 11 is 0. The zero-order chi connectivity index (χ0) is 13.3. The van der Waals surface area contributed by atoms with Gasteiger partial charge >= 0.3 is 11.9 Å². The molecule has 98 valence electrons. The van der Waals surface area contributed by atoms with Crippen LogP contribution >= 0.6 is 0 Å². The Bertz CT molecular complexity index is 485. The molecular formula is C12H12F2O4. The minimum atomic E-state index is -3.69. The van der Waals surface area contributed by atoms with E-state index in [1.54, 1.807) is 0 Å². The molecule has 0 fully saturated rings. The summed E-state index contributed by atoms with van der Waals surface area (Å²) in [5.41, 5.74) is -0.178. The van der Waals surface area contributed by atoms with Crippen LogP contribution in [0.1, 0.15) is 18.1 Å². The Labute approximate surface area is 102 Å². The molecule has 1 aliphatic rings. The van der Waals surface area contributed by atoms with E-state index in [1.165, 1.54) is 19.9 Å². The molecule has 4 nitrogen and oxygen atoms in total. The standard InChI is InChI=1S/C12H12F2O4/c1-3-16-11(15)12(13,14)8-5-10-9(4-7(8)2)17-6-18-10/h4-5H,3,6H2,1-2H3. The van der Waals surface area contributed by atoms with Crippen LogP contribution in [0.5, 0.6) is 11.5 Å². The molecule has 0 N–H and O–H groups in total. The maximum atomic E-state index is 13.9. The Kier molecular flexibility index (Phi) is 3.11. The maximum Gasteiger partial charge on any atom is 0.381 e. The quantitative estimate of drug-likeness (QED) is 0.781. The first-order valence-electron chi connectivity index (χ1n) is 5.42. The molecule has 1 heterocycles. The summed E-state index contributed by atoms with van der Waals surface area (Å²) in [4.78, 5) is 11.3. The highest BCUT2D eigenvalue weighted by Crippen LogP contribution is 2.40. The third-order valence-corrected chi connectivity index (χ3v) is 2.59. The molecule has 0 bridgehead atoms. The molecule has 1 aromatic rings. The lowest BCUT2D eigenvalue weighted by molar-refractivity contribution is -0.173. The van der Waals surface area contributed by atoms with Crippen molar-refractivity contribution >= 4 is 5.97 Å². The average molecular weight is 258 g/mol. The molecule has 0 aliphatic carbocycles. The molecule has 0 unspecified atom stereocenters. The molecule has 0 atom stereocenters. The Morgan fingerprint density at radius 3 is 2.61 bits per heavy atom. The van der Waals surface area contributed by atoms with Gasteiger partial charge in [0, 0.05) is 5.56 Å². The topological polar surface area (TPSA) is 44.8 Å². The Hall–Kier alpha value is -1.85.